The Kier molecular flexibility index (Phi) is 4.25. The van der Waals surface area contributed by atoms with Gasteiger partial charge in [-0.25, -0.2) is 4.98 Å². The summed E-state index contributed by atoms with van der Waals surface area (Å²) in [5.41, 5.74) is 0. The van der Waals surface area contributed by atoms with Crippen molar-refractivity contribution in [2.75, 3.05) is 18.8 Å². The molecule has 2 fully saturated rings. The molecule has 1 aromatic heterocycles. The maximum absolute atomic E-state index is 11.9. The third-order valence-electron chi connectivity index (χ3n) is 3.51. The van der Waals surface area contributed by atoms with E-state index in [2.05, 4.69) is 14.9 Å². The number of nitrogens with zero attached hydrogens (tertiary/aromatic N) is 3. The van der Waals surface area contributed by atoms with Crippen LogP contribution in [0.4, 0.5) is 0 Å². The van der Waals surface area contributed by atoms with Crippen LogP contribution in [0.3, 0.4) is 0 Å². The van der Waals surface area contributed by atoms with Crippen LogP contribution in [-0.2, 0) is 16.1 Å². The summed E-state index contributed by atoms with van der Waals surface area (Å²) in [6.45, 7) is 1.24. The number of amides is 2. The van der Waals surface area contributed by atoms with E-state index in [0.717, 1.165) is 5.82 Å². The number of thiocarbonyl (C=S) groups is 1. The van der Waals surface area contributed by atoms with Crippen molar-refractivity contribution in [3.05, 3.63) is 18.2 Å². The fourth-order valence-electron chi connectivity index (χ4n) is 2.26. The molecule has 0 bridgehead atoms. The van der Waals surface area contributed by atoms with Crippen LogP contribution in [-0.4, -0.2) is 49.4 Å². The van der Waals surface area contributed by atoms with Crippen LogP contribution in [0.1, 0.15) is 24.6 Å². The lowest BCUT2D eigenvalue weighted by Crippen LogP contribution is -2.40. The second kappa shape index (κ2) is 6.15. The molecule has 1 aliphatic heterocycles. The predicted octanol–water partition coefficient (Wildman–Crippen LogP) is 0.737. The summed E-state index contributed by atoms with van der Waals surface area (Å²) in [4.78, 5) is 29.1. The van der Waals surface area contributed by atoms with Gasteiger partial charge in [-0.3, -0.25) is 14.5 Å². The number of rotatable bonds is 6. The van der Waals surface area contributed by atoms with Crippen LogP contribution in [0.2, 0.25) is 0 Å². The molecule has 1 saturated heterocycles. The molecule has 2 amide bonds. The first-order valence-electron chi connectivity index (χ1n) is 6.90. The highest BCUT2D eigenvalue weighted by molar-refractivity contribution is 8.23. The largest absolute Gasteiger partial charge is 0.353 e. The molecule has 1 N–H and O–H groups in total. The van der Waals surface area contributed by atoms with E-state index >= 15 is 0 Å². The van der Waals surface area contributed by atoms with E-state index in [1.54, 1.807) is 6.20 Å². The number of carbonyl (C=O) groups is 2. The van der Waals surface area contributed by atoms with Crippen LogP contribution in [0.25, 0.3) is 0 Å². The van der Waals surface area contributed by atoms with Gasteiger partial charge >= 0.3 is 0 Å². The van der Waals surface area contributed by atoms with Gasteiger partial charge in [0.05, 0.1) is 5.75 Å². The summed E-state index contributed by atoms with van der Waals surface area (Å²) >= 11 is 6.35. The maximum atomic E-state index is 11.9. The van der Waals surface area contributed by atoms with Gasteiger partial charge in [-0.2, -0.15) is 0 Å². The number of aromatic nitrogens is 2. The number of carbonyl (C=O) groups excluding carboxylic acids is 2. The third kappa shape index (κ3) is 3.44. The second-order valence-corrected chi connectivity index (χ2v) is 6.75. The molecule has 8 heteroatoms. The lowest BCUT2D eigenvalue weighted by Gasteiger charge is -2.14. The van der Waals surface area contributed by atoms with Crippen molar-refractivity contribution in [2.45, 2.75) is 25.3 Å². The van der Waals surface area contributed by atoms with Gasteiger partial charge in [-0.05, 0) is 12.8 Å². The number of hydrogen-bond acceptors (Lipinski definition) is 5. The highest BCUT2D eigenvalue weighted by Crippen LogP contribution is 2.38. The molecule has 2 aliphatic rings. The Morgan fingerprint density at radius 3 is 3.00 bits per heavy atom. The van der Waals surface area contributed by atoms with Gasteiger partial charge in [0.2, 0.25) is 11.8 Å². The molecule has 2 heterocycles. The summed E-state index contributed by atoms with van der Waals surface area (Å²) in [7, 11) is 0. The SMILES string of the molecule is O=C(CN1C(=O)CSC1=S)NCCn1ccnc1C1CC1. The fraction of sp³-hybridized carbons (Fsp3) is 0.538. The Labute approximate surface area is 132 Å². The van der Waals surface area contributed by atoms with E-state index in [4.69, 9.17) is 12.2 Å². The van der Waals surface area contributed by atoms with Crippen molar-refractivity contribution in [3.63, 3.8) is 0 Å². The van der Waals surface area contributed by atoms with Crippen molar-refractivity contribution < 1.29 is 9.59 Å². The van der Waals surface area contributed by atoms with Gasteiger partial charge in [0.1, 0.15) is 16.7 Å². The van der Waals surface area contributed by atoms with Crippen molar-refractivity contribution >= 4 is 40.1 Å². The lowest BCUT2D eigenvalue weighted by atomic mass is 10.4. The normalized spacial score (nSPS) is 18.4. The molecule has 0 spiro atoms. The molecule has 21 heavy (non-hydrogen) atoms. The Morgan fingerprint density at radius 2 is 2.33 bits per heavy atom. The molecule has 112 valence electrons. The minimum Gasteiger partial charge on any atom is -0.353 e. The Morgan fingerprint density at radius 1 is 1.52 bits per heavy atom. The maximum Gasteiger partial charge on any atom is 0.240 e. The summed E-state index contributed by atoms with van der Waals surface area (Å²) in [5.74, 6) is 1.77. The average molecular weight is 324 g/mol. The Bertz CT molecular complexity index is 566. The molecule has 0 unspecified atom stereocenters. The Balaban J connectivity index is 1.44. The molecule has 1 saturated carbocycles. The molecule has 6 nitrogen and oxygen atoms in total. The minimum absolute atomic E-state index is 0.0179. The smallest absolute Gasteiger partial charge is 0.240 e. The van der Waals surface area contributed by atoms with E-state index in [1.807, 2.05) is 6.20 Å². The molecule has 0 atom stereocenters. The van der Waals surface area contributed by atoms with Crippen LogP contribution in [0.5, 0.6) is 0 Å². The second-order valence-electron chi connectivity index (χ2n) is 5.14. The van der Waals surface area contributed by atoms with Gasteiger partial charge in [-0.15, -0.1) is 0 Å². The monoisotopic (exact) mass is 324 g/mol. The van der Waals surface area contributed by atoms with E-state index in [0.29, 0.717) is 29.1 Å². The summed E-state index contributed by atoms with van der Waals surface area (Å²) < 4.78 is 2.57. The molecule has 0 radical (unpaired) electrons. The van der Waals surface area contributed by atoms with Gasteiger partial charge in [0.15, 0.2) is 0 Å². The van der Waals surface area contributed by atoms with Crippen molar-refractivity contribution in [1.29, 1.82) is 0 Å². The minimum atomic E-state index is -0.179. The number of hydrogen-bond donors (Lipinski definition) is 1. The zero-order valence-corrected chi connectivity index (χ0v) is 13.1. The summed E-state index contributed by atoms with van der Waals surface area (Å²) in [6.07, 6.45) is 6.15. The lowest BCUT2D eigenvalue weighted by molar-refractivity contribution is -0.129. The molecular weight excluding hydrogens is 308 g/mol. The fourth-order valence-corrected chi connectivity index (χ4v) is 3.33. The molecule has 1 aliphatic carbocycles. The van der Waals surface area contributed by atoms with Crippen molar-refractivity contribution in [3.8, 4) is 0 Å². The van der Waals surface area contributed by atoms with E-state index in [-0.39, 0.29) is 18.4 Å². The standard InChI is InChI=1S/C13H16N4O2S2/c18-10(7-17-11(19)8-21-13(17)20)14-3-5-16-6-4-15-12(16)9-1-2-9/h4,6,9H,1-3,5,7-8H2,(H,14,18). The van der Waals surface area contributed by atoms with E-state index in [9.17, 15) is 9.59 Å². The quantitative estimate of drug-likeness (QED) is 0.782. The first-order chi connectivity index (χ1) is 10.1. The van der Waals surface area contributed by atoms with Gasteiger partial charge in [0.25, 0.3) is 0 Å². The van der Waals surface area contributed by atoms with Crippen LogP contribution in [0, 0.1) is 0 Å². The molecule has 0 aromatic carbocycles. The third-order valence-corrected chi connectivity index (χ3v) is 4.94. The van der Waals surface area contributed by atoms with Gasteiger partial charge in [-0.1, -0.05) is 24.0 Å². The molecular formula is C13H16N4O2S2. The zero-order chi connectivity index (χ0) is 14.8. The summed E-state index contributed by atoms with van der Waals surface area (Å²) in [5, 5.41) is 2.83. The average Bonchev–Trinajstić information content (AvgIpc) is 3.13. The van der Waals surface area contributed by atoms with Gasteiger partial charge < -0.3 is 9.88 Å². The van der Waals surface area contributed by atoms with Crippen molar-refractivity contribution in [2.24, 2.45) is 0 Å². The van der Waals surface area contributed by atoms with Crippen LogP contribution in [0.15, 0.2) is 12.4 Å². The summed E-state index contributed by atoms with van der Waals surface area (Å²) in [6, 6.07) is 0. The van der Waals surface area contributed by atoms with Gasteiger partial charge in [0, 0.05) is 31.4 Å². The highest BCUT2D eigenvalue weighted by Gasteiger charge is 2.29. The number of imidazole rings is 1. The molecule has 3 rings (SSSR count). The van der Waals surface area contributed by atoms with E-state index in [1.165, 1.54) is 29.5 Å². The number of nitrogens with one attached hydrogen (secondary N) is 1. The Hall–Kier alpha value is -1.41. The van der Waals surface area contributed by atoms with Crippen molar-refractivity contribution in [1.82, 2.24) is 19.8 Å². The van der Waals surface area contributed by atoms with Crippen LogP contribution >= 0.6 is 24.0 Å². The topological polar surface area (TPSA) is 67.2 Å². The molecule has 1 aromatic rings. The number of thioether (sulfide) groups is 1. The predicted molar refractivity (Wildman–Crippen MR) is 84.0 cm³/mol. The first-order valence-corrected chi connectivity index (χ1v) is 8.29. The van der Waals surface area contributed by atoms with Crippen LogP contribution < -0.4 is 5.32 Å². The zero-order valence-electron chi connectivity index (χ0n) is 11.4. The van der Waals surface area contributed by atoms with E-state index < -0.39 is 0 Å². The highest BCUT2D eigenvalue weighted by atomic mass is 32.2. The first kappa shape index (κ1) is 14.5.